The highest BCUT2D eigenvalue weighted by Crippen LogP contribution is 2.18. The first-order chi connectivity index (χ1) is 11.0. The second kappa shape index (κ2) is 6.17. The van der Waals surface area contributed by atoms with Crippen LogP contribution in [-0.2, 0) is 11.3 Å². The van der Waals surface area contributed by atoms with Gasteiger partial charge in [0.25, 0.3) is 5.91 Å². The van der Waals surface area contributed by atoms with Crippen LogP contribution in [0.5, 0.6) is 0 Å². The minimum atomic E-state index is -0.393. The SMILES string of the molecule is Cc1cnc(NC(=O)c2ccc(CN3C(=O)CNC3=O)cc2)s1. The molecule has 23 heavy (non-hydrogen) atoms. The molecule has 1 fully saturated rings. The highest BCUT2D eigenvalue weighted by molar-refractivity contribution is 7.15. The van der Waals surface area contributed by atoms with Gasteiger partial charge in [-0.15, -0.1) is 11.3 Å². The predicted molar refractivity (Wildman–Crippen MR) is 85.2 cm³/mol. The summed E-state index contributed by atoms with van der Waals surface area (Å²) in [5.74, 6) is -0.503. The van der Waals surface area contributed by atoms with E-state index in [0.717, 1.165) is 15.3 Å². The number of nitrogens with one attached hydrogen (secondary N) is 2. The summed E-state index contributed by atoms with van der Waals surface area (Å²) in [6.07, 6.45) is 1.70. The molecule has 0 unspecified atom stereocenters. The maximum absolute atomic E-state index is 12.1. The van der Waals surface area contributed by atoms with E-state index in [0.29, 0.717) is 10.7 Å². The summed E-state index contributed by atoms with van der Waals surface area (Å²) < 4.78 is 0. The first kappa shape index (κ1) is 15.2. The van der Waals surface area contributed by atoms with Crippen LogP contribution in [0.2, 0.25) is 0 Å². The third kappa shape index (κ3) is 3.37. The molecule has 118 valence electrons. The van der Waals surface area contributed by atoms with E-state index in [2.05, 4.69) is 15.6 Å². The van der Waals surface area contributed by atoms with Gasteiger partial charge < -0.3 is 5.32 Å². The Kier molecular flexibility index (Phi) is 4.07. The van der Waals surface area contributed by atoms with Crippen LogP contribution in [0, 0.1) is 6.92 Å². The number of amides is 4. The number of benzene rings is 1. The third-order valence-electron chi connectivity index (χ3n) is 3.34. The minimum absolute atomic E-state index is 0.0343. The van der Waals surface area contributed by atoms with E-state index in [9.17, 15) is 14.4 Å². The number of anilines is 1. The van der Waals surface area contributed by atoms with Gasteiger partial charge in [0.05, 0.1) is 13.1 Å². The topological polar surface area (TPSA) is 91.4 Å². The van der Waals surface area contributed by atoms with Crippen molar-refractivity contribution in [2.75, 3.05) is 11.9 Å². The molecule has 1 saturated heterocycles. The number of nitrogens with zero attached hydrogens (tertiary/aromatic N) is 2. The quantitative estimate of drug-likeness (QED) is 0.836. The van der Waals surface area contributed by atoms with E-state index in [4.69, 9.17) is 0 Å². The zero-order valence-electron chi connectivity index (χ0n) is 12.3. The van der Waals surface area contributed by atoms with Crippen molar-refractivity contribution in [3.05, 3.63) is 46.5 Å². The Bertz CT molecular complexity index is 753. The second-order valence-electron chi connectivity index (χ2n) is 5.07. The predicted octanol–water partition coefficient (Wildman–Crippen LogP) is 1.76. The fraction of sp³-hybridized carbons (Fsp3) is 0.200. The van der Waals surface area contributed by atoms with Gasteiger partial charge in [0.2, 0.25) is 5.91 Å². The van der Waals surface area contributed by atoms with E-state index in [1.54, 1.807) is 30.5 Å². The van der Waals surface area contributed by atoms with E-state index in [1.165, 1.54) is 11.3 Å². The molecule has 2 N–H and O–H groups in total. The minimum Gasteiger partial charge on any atom is -0.329 e. The number of hydrogen-bond donors (Lipinski definition) is 2. The van der Waals surface area contributed by atoms with Crippen molar-refractivity contribution >= 4 is 34.3 Å². The molecule has 0 aliphatic carbocycles. The molecule has 1 aliphatic rings. The lowest BCUT2D eigenvalue weighted by Crippen LogP contribution is -2.30. The van der Waals surface area contributed by atoms with Crippen molar-refractivity contribution in [2.45, 2.75) is 13.5 Å². The van der Waals surface area contributed by atoms with E-state index in [-0.39, 0.29) is 24.9 Å². The summed E-state index contributed by atoms with van der Waals surface area (Å²) in [4.78, 5) is 41.4. The van der Waals surface area contributed by atoms with E-state index >= 15 is 0 Å². The van der Waals surface area contributed by atoms with Gasteiger partial charge >= 0.3 is 6.03 Å². The molecule has 2 aromatic rings. The number of thiazole rings is 1. The van der Waals surface area contributed by atoms with Crippen LogP contribution >= 0.6 is 11.3 Å². The van der Waals surface area contributed by atoms with E-state index < -0.39 is 6.03 Å². The molecule has 4 amide bonds. The first-order valence-corrected chi connectivity index (χ1v) is 7.75. The van der Waals surface area contributed by atoms with Gasteiger partial charge in [-0.3, -0.25) is 19.8 Å². The lowest BCUT2D eigenvalue weighted by atomic mass is 10.1. The molecule has 8 heteroatoms. The van der Waals surface area contributed by atoms with Crippen LogP contribution in [0.15, 0.2) is 30.5 Å². The molecule has 2 heterocycles. The largest absolute Gasteiger partial charge is 0.329 e. The number of urea groups is 1. The van der Waals surface area contributed by atoms with Gasteiger partial charge in [-0.25, -0.2) is 9.78 Å². The van der Waals surface area contributed by atoms with Gasteiger partial charge in [-0.2, -0.15) is 0 Å². The molecule has 1 aliphatic heterocycles. The summed E-state index contributed by atoms with van der Waals surface area (Å²) in [5, 5.41) is 5.74. The van der Waals surface area contributed by atoms with E-state index in [1.807, 2.05) is 6.92 Å². The second-order valence-corrected chi connectivity index (χ2v) is 6.30. The normalized spacial score (nSPS) is 14.0. The lowest BCUT2D eigenvalue weighted by molar-refractivity contribution is -0.125. The van der Waals surface area contributed by atoms with Crippen molar-refractivity contribution in [2.24, 2.45) is 0 Å². The highest BCUT2D eigenvalue weighted by atomic mass is 32.1. The number of carbonyl (C=O) groups excluding carboxylic acids is 3. The van der Waals surface area contributed by atoms with Gasteiger partial charge in [-0.1, -0.05) is 12.1 Å². The van der Waals surface area contributed by atoms with Crippen molar-refractivity contribution in [3.63, 3.8) is 0 Å². The molecular weight excluding hydrogens is 316 g/mol. The molecule has 0 spiro atoms. The maximum Gasteiger partial charge on any atom is 0.324 e. The smallest absolute Gasteiger partial charge is 0.324 e. The summed E-state index contributed by atoms with van der Waals surface area (Å²) in [7, 11) is 0. The Balaban J connectivity index is 1.65. The summed E-state index contributed by atoms with van der Waals surface area (Å²) >= 11 is 1.40. The summed E-state index contributed by atoms with van der Waals surface area (Å²) in [6, 6.07) is 6.37. The van der Waals surface area contributed by atoms with Gasteiger partial charge in [-0.05, 0) is 24.6 Å². The third-order valence-corrected chi connectivity index (χ3v) is 4.16. The van der Waals surface area contributed by atoms with Crippen molar-refractivity contribution in [1.82, 2.24) is 15.2 Å². The van der Waals surface area contributed by atoms with Crippen LogP contribution < -0.4 is 10.6 Å². The summed E-state index contributed by atoms with van der Waals surface area (Å²) in [6.45, 7) is 2.14. The zero-order chi connectivity index (χ0) is 16.4. The molecule has 0 atom stereocenters. The van der Waals surface area contributed by atoms with Gasteiger partial charge in [0, 0.05) is 16.6 Å². The Hall–Kier alpha value is -2.74. The number of aryl methyl sites for hydroxylation is 1. The maximum atomic E-state index is 12.1. The van der Waals surface area contributed by atoms with Crippen molar-refractivity contribution < 1.29 is 14.4 Å². The van der Waals surface area contributed by atoms with Crippen LogP contribution in [0.1, 0.15) is 20.8 Å². The molecule has 7 nitrogen and oxygen atoms in total. The molecule has 3 rings (SSSR count). The standard InChI is InChI=1S/C15H14N4O3S/c1-9-6-16-14(23-9)18-13(21)11-4-2-10(3-5-11)8-19-12(20)7-17-15(19)22/h2-6H,7-8H2,1H3,(H,17,22)(H,16,18,21). The number of imide groups is 1. The van der Waals surface area contributed by atoms with Crippen LogP contribution in [0.3, 0.4) is 0 Å². The Morgan fingerprint density at radius 2 is 2.09 bits per heavy atom. The molecule has 0 radical (unpaired) electrons. The van der Waals surface area contributed by atoms with Gasteiger partial charge in [0.1, 0.15) is 0 Å². The molecule has 1 aromatic carbocycles. The number of hydrogen-bond acceptors (Lipinski definition) is 5. The Morgan fingerprint density at radius 1 is 1.35 bits per heavy atom. The Labute approximate surface area is 136 Å². The fourth-order valence-corrected chi connectivity index (χ4v) is 2.80. The average molecular weight is 330 g/mol. The first-order valence-electron chi connectivity index (χ1n) is 6.94. The molecule has 0 saturated carbocycles. The fourth-order valence-electron chi connectivity index (χ4n) is 2.14. The average Bonchev–Trinajstić information content (AvgIpc) is 3.08. The lowest BCUT2D eigenvalue weighted by Gasteiger charge is -2.12. The molecule has 0 bridgehead atoms. The van der Waals surface area contributed by atoms with Gasteiger partial charge in [0.15, 0.2) is 5.13 Å². The van der Waals surface area contributed by atoms with Crippen LogP contribution in [0.25, 0.3) is 0 Å². The van der Waals surface area contributed by atoms with Crippen LogP contribution in [-0.4, -0.2) is 34.3 Å². The van der Waals surface area contributed by atoms with Crippen molar-refractivity contribution in [1.29, 1.82) is 0 Å². The molecular formula is C15H14N4O3S. The number of rotatable bonds is 4. The summed E-state index contributed by atoms with van der Waals surface area (Å²) in [5.41, 5.74) is 1.26. The monoisotopic (exact) mass is 330 g/mol. The zero-order valence-corrected chi connectivity index (χ0v) is 13.1. The number of carbonyl (C=O) groups is 3. The number of aromatic nitrogens is 1. The van der Waals surface area contributed by atoms with Crippen molar-refractivity contribution in [3.8, 4) is 0 Å². The Morgan fingerprint density at radius 3 is 2.65 bits per heavy atom. The molecule has 1 aromatic heterocycles. The highest BCUT2D eigenvalue weighted by Gasteiger charge is 2.28. The van der Waals surface area contributed by atoms with Crippen LogP contribution in [0.4, 0.5) is 9.93 Å².